The monoisotopic (exact) mass is 297 g/mol. The summed E-state index contributed by atoms with van der Waals surface area (Å²) in [5.74, 6) is 0. The molecule has 1 saturated heterocycles. The summed E-state index contributed by atoms with van der Waals surface area (Å²) in [4.78, 5) is 4.78. The van der Waals surface area contributed by atoms with Gasteiger partial charge in [0, 0.05) is 0 Å². The molecule has 1 aliphatic heterocycles. The fourth-order valence-corrected chi connectivity index (χ4v) is 3.22. The molecule has 1 aromatic heterocycles. The lowest BCUT2D eigenvalue weighted by molar-refractivity contribution is -1.02. The minimum Gasteiger partial charge on any atom is -1.00 e. The highest BCUT2D eigenvalue weighted by atomic mass is 35.5. The normalized spacial score (nSPS) is 25.5. The van der Waals surface area contributed by atoms with Crippen molar-refractivity contribution in [3.63, 3.8) is 0 Å². The minimum atomic E-state index is 0. The topological polar surface area (TPSA) is 34.9 Å². The van der Waals surface area contributed by atoms with Gasteiger partial charge in [-0.1, -0.05) is 6.07 Å². The van der Waals surface area contributed by atoms with Gasteiger partial charge in [-0.2, -0.15) is 0 Å². The molecule has 1 aromatic rings. The van der Waals surface area contributed by atoms with Crippen LogP contribution >= 0.6 is 11.3 Å². The van der Waals surface area contributed by atoms with Crippen molar-refractivity contribution in [2.75, 3.05) is 39.8 Å². The summed E-state index contributed by atoms with van der Waals surface area (Å²) in [5, 5.41) is 2.15. The summed E-state index contributed by atoms with van der Waals surface area (Å²) in [6.45, 7) is 5.83. The molecule has 6 heteroatoms. The van der Waals surface area contributed by atoms with Crippen LogP contribution in [0, 0.1) is 0 Å². The maximum atomic E-state index is 5.91. The Balaban J connectivity index is 0.00000128. The molecule has 1 aliphatic rings. The number of likely N-dealkylation sites (N-methyl/N-ethyl adjacent to an activating group) is 1. The second-order valence-corrected chi connectivity index (χ2v) is 5.40. The Hall–Kier alpha value is 0.160. The lowest BCUT2D eigenvalue weighted by atomic mass is 10.2. The van der Waals surface area contributed by atoms with E-state index >= 15 is 0 Å². The van der Waals surface area contributed by atoms with Gasteiger partial charge in [0.2, 0.25) is 0 Å². The van der Waals surface area contributed by atoms with Crippen LogP contribution in [0.3, 0.4) is 0 Å². The first-order valence-electron chi connectivity index (χ1n) is 5.70. The van der Waals surface area contributed by atoms with E-state index in [1.165, 1.54) is 31.1 Å². The van der Waals surface area contributed by atoms with E-state index in [0.29, 0.717) is 6.04 Å². The highest BCUT2D eigenvalue weighted by Gasteiger charge is 2.28. The predicted octanol–water partition coefficient (Wildman–Crippen LogP) is -7.83. The van der Waals surface area contributed by atoms with Crippen molar-refractivity contribution in [3.8, 4) is 0 Å². The number of halogens is 2. The van der Waals surface area contributed by atoms with E-state index in [2.05, 4.69) is 24.6 Å². The molecule has 0 aromatic carbocycles. The Bertz CT molecular complexity index is 287. The smallest absolute Gasteiger partial charge is 0.135 e. The number of nitrogens with one attached hydrogen (secondary N) is 2. The number of hydrogen-bond donors (Lipinski definition) is 3. The van der Waals surface area contributed by atoms with Crippen LogP contribution in [0.15, 0.2) is 17.5 Å². The molecule has 1 unspecified atom stereocenters. The third-order valence-electron chi connectivity index (χ3n) is 3.36. The molecular weight excluding hydrogens is 277 g/mol. The molecule has 2 heterocycles. The van der Waals surface area contributed by atoms with E-state index in [0.717, 1.165) is 6.54 Å². The molecule has 0 bridgehead atoms. The minimum absolute atomic E-state index is 0. The third-order valence-corrected chi connectivity index (χ3v) is 4.35. The van der Waals surface area contributed by atoms with E-state index in [1.807, 2.05) is 11.3 Å². The fraction of sp³-hybridized carbons (Fsp3) is 0.636. The van der Waals surface area contributed by atoms with Gasteiger partial charge in [-0.25, -0.2) is 0 Å². The first kappa shape index (κ1) is 17.2. The zero-order valence-electron chi connectivity index (χ0n) is 10.1. The molecule has 1 atom stereocenters. The van der Waals surface area contributed by atoms with Gasteiger partial charge in [-0.05, 0) is 11.4 Å². The van der Waals surface area contributed by atoms with Crippen molar-refractivity contribution in [2.45, 2.75) is 6.04 Å². The lowest BCUT2D eigenvalue weighted by Crippen LogP contribution is -3.27. The second-order valence-electron chi connectivity index (χ2n) is 4.42. The largest absolute Gasteiger partial charge is 1.00 e. The summed E-state index contributed by atoms with van der Waals surface area (Å²) in [6.07, 6.45) is 0. The number of piperazine rings is 1. The van der Waals surface area contributed by atoms with Crippen LogP contribution in [-0.2, 0) is 0 Å². The van der Waals surface area contributed by atoms with E-state index in [-0.39, 0.29) is 24.8 Å². The molecule has 3 nitrogen and oxygen atoms in total. The van der Waals surface area contributed by atoms with E-state index in [4.69, 9.17) is 5.73 Å². The standard InChI is InChI=1S/C11H19N3S.2ClH/c1-13-4-6-14(7-5-13)10(9-12)11-3-2-8-15-11;;/h2-3,8,10H,4-7,9,12H2,1H3;2*1H. The van der Waals surface area contributed by atoms with E-state index < -0.39 is 0 Å². The zero-order valence-corrected chi connectivity index (χ0v) is 12.4. The van der Waals surface area contributed by atoms with E-state index in [1.54, 1.807) is 9.80 Å². The van der Waals surface area contributed by atoms with Crippen LogP contribution in [0.2, 0.25) is 0 Å². The van der Waals surface area contributed by atoms with Gasteiger partial charge in [-0.3, -0.25) is 0 Å². The Kier molecular flexibility index (Phi) is 8.37. The van der Waals surface area contributed by atoms with Crippen LogP contribution in [0.1, 0.15) is 10.9 Å². The van der Waals surface area contributed by atoms with Crippen LogP contribution < -0.4 is 40.3 Å². The number of nitrogens with two attached hydrogens (primary N) is 1. The van der Waals surface area contributed by atoms with Gasteiger partial charge in [0.05, 0.1) is 18.5 Å². The second kappa shape index (κ2) is 8.29. The Morgan fingerprint density at radius 3 is 2.41 bits per heavy atom. The Morgan fingerprint density at radius 1 is 1.29 bits per heavy atom. The average molecular weight is 298 g/mol. The summed E-state index contributed by atoms with van der Waals surface area (Å²) in [5.41, 5.74) is 5.91. The molecule has 100 valence electrons. The van der Waals surface area contributed by atoms with Crippen molar-refractivity contribution >= 4 is 11.3 Å². The summed E-state index contributed by atoms with van der Waals surface area (Å²) >= 11 is 1.84. The number of rotatable bonds is 3. The highest BCUT2D eigenvalue weighted by Crippen LogP contribution is 2.15. The van der Waals surface area contributed by atoms with Crippen molar-refractivity contribution < 1.29 is 34.6 Å². The van der Waals surface area contributed by atoms with E-state index in [9.17, 15) is 0 Å². The maximum absolute atomic E-state index is 5.91. The van der Waals surface area contributed by atoms with Crippen LogP contribution in [0.5, 0.6) is 0 Å². The molecule has 0 amide bonds. The molecule has 4 N–H and O–H groups in total. The van der Waals surface area contributed by atoms with Crippen molar-refractivity contribution in [1.29, 1.82) is 0 Å². The predicted molar refractivity (Wildman–Crippen MR) is 63.4 cm³/mol. The maximum Gasteiger partial charge on any atom is 0.135 e. The lowest BCUT2D eigenvalue weighted by Gasteiger charge is -2.32. The third kappa shape index (κ3) is 4.39. The molecule has 0 saturated carbocycles. The quantitative estimate of drug-likeness (QED) is 0.509. The molecule has 0 aliphatic carbocycles. The van der Waals surface area contributed by atoms with Crippen LogP contribution in [0.4, 0.5) is 0 Å². The SMILES string of the molecule is C[NH+]1CC[NH+](C(CN)c2cccs2)CC1.[Cl-].[Cl-]. The van der Waals surface area contributed by atoms with Crippen LogP contribution in [-0.4, -0.2) is 39.8 Å². The Morgan fingerprint density at radius 2 is 1.94 bits per heavy atom. The van der Waals surface area contributed by atoms with Gasteiger partial charge < -0.3 is 40.3 Å². The fourth-order valence-electron chi connectivity index (χ4n) is 2.32. The summed E-state index contributed by atoms with van der Waals surface area (Å²) in [6, 6.07) is 4.88. The van der Waals surface area contributed by atoms with Gasteiger partial charge in [0.1, 0.15) is 32.2 Å². The van der Waals surface area contributed by atoms with Crippen molar-refractivity contribution in [1.82, 2.24) is 0 Å². The zero-order chi connectivity index (χ0) is 10.7. The van der Waals surface area contributed by atoms with Crippen molar-refractivity contribution in [3.05, 3.63) is 22.4 Å². The molecule has 1 fully saturated rings. The van der Waals surface area contributed by atoms with Crippen LogP contribution in [0.25, 0.3) is 0 Å². The van der Waals surface area contributed by atoms with Crippen molar-refractivity contribution in [2.24, 2.45) is 5.73 Å². The molecule has 0 spiro atoms. The van der Waals surface area contributed by atoms with Gasteiger partial charge in [0.15, 0.2) is 0 Å². The molecule has 17 heavy (non-hydrogen) atoms. The van der Waals surface area contributed by atoms with Gasteiger partial charge in [0.25, 0.3) is 0 Å². The molecule has 2 rings (SSSR count). The van der Waals surface area contributed by atoms with Gasteiger partial charge >= 0.3 is 0 Å². The number of quaternary nitrogens is 2. The first-order chi connectivity index (χ1) is 7.31. The molecule has 0 radical (unpaired) electrons. The Labute approximate surface area is 120 Å². The number of hydrogen-bond acceptors (Lipinski definition) is 2. The summed E-state index contributed by atoms with van der Waals surface area (Å²) < 4.78 is 0. The van der Waals surface area contributed by atoms with Gasteiger partial charge in [-0.15, -0.1) is 11.3 Å². The summed E-state index contributed by atoms with van der Waals surface area (Å²) in [7, 11) is 2.28. The number of thiophene rings is 1. The highest BCUT2D eigenvalue weighted by molar-refractivity contribution is 7.10. The average Bonchev–Trinajstić information content (AvgIpc) is 2.75. The molecular formula is C11H21Cl2N3S. The first-order valence-corrected chi connectivity index (χ1v) is 6.58.